The number of aryl methyl sites for hydroxylation is 2. The van der Waals surface area contributed by atoms with Gasteiger partial charge in [0, 0.05) is 37.1 Å². The van der Waals surface area contributed by atoms with Crippen molar-refractivity contribution >= 4 is 17.4 Å². The maximum atomic E-state index is 12.1. The van der Waals surface area contributed by atoms with Crippen LogP contribution in [0.2, 0.25) is 0 Å². The maximum absolute atomic E-state index is 12.1. The summed E-state index contributed by atoms with van der Waals surface area (Å²) >= 11 is 0. The zero-order valence-electron chi connectivity index (χ0n) is 19.2. The Bertz CT molecular complexity index is 1450. The smallest absolute Gasteiger partial charge is 0.276 e. The standard InChI is InChI=1S/C24H23N8O2/c1-29-23(33)30(2)26-21(25-29)16-11-14-6-5-13-7-10-18(22-27-31(3)24(34)32(4)28-22)17-9-8-15(12-16)19(14)20(13)17/h5-12,19-20H,1-4H3,(H,27,28)/q+1. The Morgan fingerprint density at radius 2 is 1.71 bits per heavy atom. The quantitative estimate of drug-likeness (QED) is 0.661. The number of allylic oxidation sites excluding steroid dienone is 12. The fraction of sp³-hybridized carbons (Fsp3) is 0.250. The maximum Gasteiger partial charge on any atom is 0.539 e. The monoisotopic (exact) mass is 455 g/mol. The number of urea groups is 1. The Morgan fingerprint density at radius 3 is 2.47 bits per heavy atom. The lowest BCUT2D eigenvalue weighted by molar-refractivity contribution is -0.750. The second kappa shape index (κ2) is 7.08. The lowest BCUT2D eigenvalue weighted by Gasteiger charge is -2.42. The molecule has 170 valence electrons. The largest absolute Gasteiger partial charge is 0.539 e. The molecule has 10 nitrogen and oxygen atoms in total. The average molecular weight is 456 g/mol. The number of carbonyl (C=O) groups is 1. The topological polar surface area (TPSA) is 99.6 Å². The van der Waals surface area contributed by atoms with Crippen LogP contribution in [0.25, 0.3) is 5.57 Å². The summed E-state index contributed by atoms with van der Waals surface area (Å²) in [5, 5.41) is 16.0. The van der Waals surface area contributed by atoms with E-state index in [0.29, 0.717) is 11.7 Å². The fourth-order valence-electron chi connectivity index (χ4n) is 5.10. The third-order valence-electron chi connectivity index (χ3n) is 6.71. The summed E-state index contributed by atoms with van der Waals surface area (Å²) in [6.45, 7) is 0. The summed E-state index contributed by atoms with van der Waals surface area (Å²) in [4.78, 5) is 24.1. The zero-order valence-corrected chi connectivity index (χ0v) is 19.2. The molecule has 6 rings (SSSR count). The number of nitrogens with zero attached hydrogens (tertiary/aromatic N) is 7. The van der Waals surface area contributed by atoms with E-state index >= 15 is 0 Å². The minimum absolute atomic E-state index is 0.143. The molecule has 0 saturated heterocycles. The molecule has 0 bridgehead atoms. The number of hydrazone groups is 1. The van der Waals surface area contributed by atoms with E-state index in [1.54, 1.807) is 28.2 Å². The van der Waals surface area contributed by atoms with Gasteiger partial charge in [0.1, 0.15) is 14.1 Å². The van der Waals surface area contributed by atoms with E-state index in [-0.39, 0.29) is 23.6 Å². The van der Waals surface area contributed by atoms with Gasteiger partial charge >= 0.3 is 11.7 Å². The van der Waals surface area contributed by atoms with E-state index < -0.39 is 0 Å². The second-order valence-electron chi connectivity index (χ2n) is 8.85. The molecule has 2 atom stereocenters. The highest BCUT2D eigenvalue weighted by Crippen LogP contribution is 2.51. The van der Waals surface area contributed by atoms with E-state index in [1.807, 2.05) is 0 Å². The normalized spacial score (nSPS) is 24.7. The third-order valence-corrected chi connectivity index (χ3v) is 6.71. The molecule has 2 amide bonds. The first-order valence-electron chi connectivity index (χ1n) is 11.0. The molecule has 1 aliphatic heterocycles. The molecule has 1 aromatic heterocycles. The SMILES string of the molecule is CN1N=C(C2=CC=C3C=CC4=CC(c5nn(C)c(=O)[n+](C)n5)=CC5=CC=C2C3C54)NN(C)C1=O. The summed E-state index contributed by atoms with van der Waals surface area (Å²) in [6, 6.07) is -0.221. The molecule has 1 N–H and O–H groups in total. The van der Waals surface area contributed by atoms with Crippen LogP contribution in [-0.2, 0) is 14.1 Å². The number of nitrogens with one attached hydrogen (secondary N) is 1. The molecular formula is C24H23N8O2+. The van der Waals surface area contributed by atoms with Gasteiger partial charge in [-0.3, -0.25) is 5.43 Å². The van der Waals surface area contributed by atoms with Crippen molar-refractivity contribution in [3.05, 3.63) is 92.8 Å². The van der Waals surface area contributed by atoms with Crippen molar-refractivity contribution in [3.8, 4) is 0 Å². The van der Waals surface area contributed by atoms with Gasteiger partial charge in [0.15, 0.2) is 5.84 Å². The molecule has 2 heterocycles. The second-order valence-corrected chi connectivity index (χ2v) is 8.85. The summed E-state index contributed by atoms with van der Waals surface area (Å²) in [6.07, 6.45) is 17.0. The van der Waals surface area contributed by atoms with Crippen LogP contribution in [0.5, 0.6) is 0 Å². The summed E-state index contributed by atoms with van der Waals surface area (Å²) < 4.78 is 2.60. The minimum atomic E-state index is -0.277. The number of hydrogen-bond acceptors (Lipinski definition) is 6. The van der Waals surface area contributed by atoms with Crippen molar-refractivity contribution in [2.75, 3.05) is 14.1 Å². The summed E-state index contributed by atoms with van der Waals surface area (Å²) in [5.41, 5.74) is 9.38. The summed E-state index contributed by atoms with van der Waals surface area (Å²) in [5.74, 6) is 1.44. The lowest BCUT2D eigenvalue weighted by Crippen LogP contribution is -2.55. The number of rotatable bonds is 2. The third kappa shape index (κ3) is 2.88. The van der Waals surface area contributed by atoms with Gasteiger partial charge < -0.3 is 0 Å². The van der Waals surface area contributed by atoms with Gasteiger partial charge in [-0.05, 0) is 34.4 Å². The predicted octanol–water partition coefficient (Wildman–Crippen LogP) is 0.673. The molecule has 2 unspecified atom stereocenters. The minimum Gasteiger partial charge on any atom is -0.276 e. The van der Waals surface area contributed by atoms with Crippen LogP contribution in [0.3, 0.4) is 0 Å². The molecule has 5 aliphatic rings. The molecular weight excluding hydrogens is 432 g/mol. The van der Waals surface area contributed by atoms with Crippen molar-refractivity contribution in [3.63, 3.8) is 0 Å². The number of amides is 2. The van der Waals surface area contributed by atoms with Gasteiger partial charge in [-0.1, -0.05) is 56.0 Å². The van der Waals surface area contributed by atoms with E-state index in [2.05, 4.69) is 69.3 Å². The Kier molecular flexibility index (Phi) is 4.22. The first-order chi connectivity index (χ1) is 16.3. The Labute approximate surface area is 195 Å². The van der Waals surface area contributed by atoms with Crippen LogP contribution in [0, 0.1) is 11.8 Å². The highest BCUT2D eigenvalue weighted by Gasteiger charge is 2.41. The fourth-order valence-corrected chi connectivity index (χ4v) is 5.10. The van der Waals surface area contributed by atoms with E-state index in [4.69, 9.17) is 0 Å². The van der Waals surface area contributed by atoms with Crippen molar-refractivity contribution in [1.82, 2.24) is 30.3 Å². The van der Waals surface area contributed by atoms with Gasteiger partial charge in [-0.2, -0.15) is 4.79 Å². The molecule has 10 heteroatoms. The van der Waals surface area contributed by atoms with Crippen LogP contribution in [-0.4, -0.2) is 50.9 Å². The molecule has 0 spiro atoms. The van der Waals surface area contributed by atoms with Gasteiger partial charge in [0.05, 0.1) is 0 Å². The van der Waals surface area contributed by atoms with Gasteiger partial charge in [-0.15, -0.1) is 5.10 Å². The van der Waals surface area contributed by atoms with Crippen molar-refractivity contribution in [2.24, 2.45) is 31.0 Å². The Hall–Kier alpha value is -4.34. The van der Waals surface area contributed by atoms with Crippen LogP contribution in [0.15, 0.2) is 86.4 Å². The Morgan fingerprint density at radius 1 is 0.941 bits per heavy atom. The first kappa shape index (κ1) is 20.3. The number of amidine groups is 1. The van der Waals surface area contributed by atoms with Crippen LogP contribution < -0.4 is 15.8 Å². The number of hydrazine groups is 1. The molecule has 0 radical (unpaired) electrons. The van der Waals surface area contributed by atoms with Crippen molar-refractivity contribution in [1.29, 1.82) is 0 Å². The highest BCUT2D eigenvalue weighted by molar-refractivity contribution is 6.05. The van der Waals surface area contributed by atoms with Gasteiger partial charge in [0.25, 0.3) is 0 Å². The average Bonchev–Trinajstić information content (AvgIpc) is 2.83. The molecule has 0 saturated carbocycles. The molecule has 1 aromatic rings. The Balaban J connectivity index is 1.46. The van der Waals surface area contributed by atoms with Crippen LogP contribution >= 0.6 is 0 Å². The van der Waals surface area contributed by atoms with Gasteiger partial charge in [-0.25, -0.2) is 14.8 Å². The van der Waals surface area contributed by atoms with Crippen molar-refractivity contribution in [2.45, 2.75) is 0 Å². The first-order valence-corrected chi connectivity index (χ1v) is 11.0. The van der Waals surface area contributed by atoms with Gasteiger partial charge in [0.2, 0.25) is 5.82 Å². The van der Waals surface area contributed by atoms with Crippen LogP contribution in [0.4, 0.5) is 4.79 Å². The zero-order chi connectivity index (χ0) is 23.7. The number of carbonyl (C=O) groups excluding carboxylic acids is 1. The highest BCUT2D eigenvalue weighted by atomic mass is 16.2. The molecule has 34 heavy (non-hydrogen) atoms. The van der Waals surface area contributed by atoms with E-state index in [1.165, 1.54) is 36.1 Å². The number of hydrogen-bond donors (Lipinski definition) is 1. The molecule has 4 aliphatic carbocycles. The predicted molar refractivity (Wildman–Crippen MR) is 124 cm³/mol. The van der Waals surface area contributed by atoms with Crippen LogP contribution in [0.1, 0.15) is 5.82 Å². The molecule has 0 fully saturated rings. The summed E-state index contributed by atoms with van der Waals surface area (Å²) in [7, 11) is 6.58. The van der Waals surface area contributed by atoms with Crippen molar-refractivity contribution < 1.29 is 9.48 Å². The molecule has 0 aromatic carbocycles. The number of aromatic nitrogens is 4. The van der Waals surface area contributed by atoms with E-state index in [0.717, 1.165) is 16.7 Å². The lowest BCUT2D eigenvalue weighted by atomic mass is 9.62. The van der Waals surface area contributed by atoms with E-state index in [9.17, 15) is 9.59 Å².